The molecule has 6 nitrogen and oxygen atoms in total. The summed E-state index contributed by atoms with van der Waals surface area (Å²) in [6.45, 7) is 3.23. The minimum absolute atomic E-state index is 0.126. The van der Waals surface area contributed by atoms with Gasteiger partial charge in [0.2, 0.25) is 10.0 Å². The summed E-state index contributed by atoms with van der Waals surface area (Å²) in [6.07, 6.45) is 0.984. The molecule has 27 heavy (non-hydrogen) atoms. The fraction of sp³-hybridized carbons (Fsp3) is 0.222. The van der Waals surface area contributed by atoms with E-state index in [0.717, 1.165) is 21.7 Å². The Morgan fingerprint density at radius 3 is 2.37 bits per heavy atom. The smallest absolute Gasteiger partial charge is 0.260 e. The summed E-state index contributed by atoms with van der Waals surface area (Å²) in [5, 5.41) is 4.50. The molecule has 0 bridgehead atoms. The van der Waals surface area contributed by atoms with Crippen LogP contribution in [-0.4, -0.2) is 32.8 Å². The number of anilines is 1. The van der Waals surface area contributed by atoms with Gasteiger partial charge in [-0.1, -0.05) is 53.0 Å². The largest absolute Gasteiger partial charge is 0.271 e. The van der Waals surface area contributed by atoms with Crippen LogP contribution < -0.4 is 9.73 Å². The molecule has 2 rings (SSSR count). The molecule has 0 aliphatic heterocycles. The minimum Gasteiger partial charge on any atom is -0.271 e. The normalized spacial score (nSPS) is 12.0. The van der Waals surface area contributed by atoms with Crippen LogP contribution in [0.5, 0.6) is 0 Å². The van der Waals surface area contributed by atoms with Crippen molar-refractivity contribution in [3.8, 4) is 0 Å². The van der Waals surface area contributed by atoms with Crippen LogP contribution in [0.1, 0.15) is 18.1 Å². The number of hydrazone groups is 1. The average Bonchev–Trinajstić information content (AvgIpc) is 2.59. The van der Waals surface area contributed by atoms with Crippen LogP contribution in [0, 0.1) is 6.92 Å². The number of carbonyl (C=O) groups is 1. The van der Waals surface area contributed by atoms with Gasteiger partial charge in [-0.15, -0.1) is 0 Å². The van der Waals surface area contributed by atoms with Gasteiger partial charge in [0.05, 0.1) is 22.7 Å². The standard InChI is InChI=1S/C18H19Cl2N3O3S/c1-12-4-6-14(7-5-12)13(2)21-22-18(24)11-23(27(3,25)26)17-10-15(19)8-9-16(17)20/h4-10H,11H2,1-3H3,(H,22,24)/b21-13-. The molecule has 1 N–H and O–H groups in total. The highest BCUT2D eigenvalue weighted by Gasteiger charge is 2.23. The lowest BCUT2D eigenvalue weighted by molar-refractivity contribution is -0.119. The molecule has 9 heteroatoms. The molecule has 1 amide bonds. The van der Waals surface area contributed by atoms with E-state index in [2.05, 4.69) is 10.5 Å². The lowest BCUT2D eigenvalue weighted by atomic mass is 10.1. The second-order valence-electron chi connectivity index (χ2n) is 5.96. The maximum absolute atomic E-state index is 12.3. The van der Waals surface area contributed by atoms with E-state index in [4.69, 9.17) is 23.2 Å². The predicted octanol–water partition coefficient (Wildman–Crippen LogP) is 3.61. The number of aryl methyl sites for hydroxylation is 1. The molecular formula is C18H19Cl2N3O3S. The van der Waals surface area contributed by atoms with Crippen molar-refractivity contribution in [1.82, 2.24) is 5.43 Å². The molecule has 0 aliphatic carbocycles. The maximum atomic E-state index is 12.3. The second-order valence-corrected chi connectivity index (χ2v) is 8.71. The van der Waals surface area contributed by atoms with E-state index in [1.54, 1.807) is 6.92 Å². The van der Waals surface area contributed by atoms with E-state index in [9.17, 15) is 13.2 Å². The molecule has 0 atom stereocenters. The van der Waals surface area contributed by atoms with E-state index >= 15 is 0 Å². The van der Waals surface area contributed by atoms with Gasteiger partial charge in [-0.05, 0) is 37.6 Å². The summed E-state index contributed by atoms with van der Waals surface area (Å²) < 4.78 is 25.1. The first-order valence-electron chi connectivity index (χ1n) is 7.91. The zero-order chi connectivity index (χ0) is 20.2. The van der Waals surface area contributed by atoms with Gasteiger partial charge < -0.3 is 0 Å². The van der Waals surface area contributed by atoms with Gasteiger partial charge in [0.1, 0.15) is 6.54 Å². The summed E-state index contributed by atoms with van der Waals surface area (Å²) in [4.78, 5) is 12.3. The minimum atomic E-state index is -3.77. The number of benzene rings is 2. The Kier molecular flexibility index (Phi) is 6.86. The van der Waals surface area contributed by atoms with Gasteiger partial charge >= 0.3 is 0 Å². The van der Waals surface area contributed by atoms with Crippen molar-refractivity contribution in [2.24, 2.45) is 5.10 Å². The number of hydrogen-bond donors (Lipinski definition) is 1. The maximum Gasteiger partial charge on any atom is 0.260 e. The lowest BCUT2D eigenvalue weighted by Gasteiger charge is -2.22. The molecule has 0 aromatic heterocycles. The quantitative estimate of drug-likeness (QED) is 0.564. The first-order valence-corrected chi connectivity index (χ1v) is 10.5. The topological polar surface area (TPSA) is 78.8 Å². The van der Waals surface area contributed by atoms with E-state index in [1.807, 2.05) is 31.2 Å². The lowest BCUT2D eigenvalue weighted by Crippen LogP contribution is -2.39. The van der Waals surface area contributed by atoms with Crippen molar-refractivity contribution in [2.45, 2.75) is 13.8 Å². The Balaban J connectivity index is 2.18. The third kappa shape index (κ3) is 5.95. The molecule has 2 aromatic carbocycles. The van der Waals surface area contributed by atoms with Crippen LogP contribution in [-0.2, 0) is 14.8 Å². The number of halogens is 2. The molecule has 0 unspecified atom stereocenters. The van der Waals surface area contributed by atoms with Crippen LogP contribution >= 0.6 is 23.2 Å². The van der Waals surface area contributed by atoms with Crippen LogP contribution in [0.4, 0.5) is 5.69 Å². The van der Waals surface area contributed by atoms with Gasteiger partial charge in [0.25, 0.3) is 5.91 Å². The van der Waals surface area contributed by atoms with Crippen molar-refractivity contribution in [2.75, 3.05) is 17.1 Å². The first-order chi connectivity index (χ1) is 12.6. The van der Waals surface area contributed by atoms with E-state index in [-0.39, 0.29) is 10.7 Å². The molecule has 0 radical (unpaired) electrons. The summed E-state index contributed by atoms with van der Waals surface area (Å²) in [5.74, 6) is -0.608. The Morgan fingerprint density at radius 2 is 1.78 bits per heavy atom. The molecule has 2 aromatic rings. The summed E-state index contributed by atoms with van der Waals surface area (Å²) in [6, 6.07) is 12.0. The Bertz CT molecular complexity index is 974. The predicted molar refractivity (Wildman–Crippen MR) is 110 cm³/mol. The number of carbonyl (C=O) groups excluding carboxylic acids is 1. The third-order valence-electron chi connectivity index (χ3n) is 3.68. The molecule has 0 saturated heterocycles. The van der Waals surface area contributed by atoms with Crippen molar-refractivity contribution >= 4 is 50.5 Å². The first kappa shape index (κ1) is 21.2. The number of hydrogen-bond acceptors (Lipinski definition) is 4. The fourth-order valence-electron chi connectivity index (χ4n) is 2.23. The molecule has 0 spiro atoms. The number of sulfonamides is 1. The van der Waals surface area contributed by atoms with Gasteiger partial charge in [0, 0.05) is 5.02 Å². The molecular weight excluding hydrogens is 409 g/mol. The van der Waals surface area contributed by atoms with Crippen molar-refractivity contribution in [3.63, 3.8) is 0 Å². The van der Waals surface area contributed by atoms with Crippen LogP contribution in [0.25, 0.3) is 0 Å². The number of amides is 1. The van der Waals surface area contributed by atoms with Gasteiger partial charge in [-0.2, -0.15) is 5.10 Å². The van der Waals surface area contributed by atoms with Gasteiger partial charge in [-0.25, -0.2) is 13.8 Å². The van der Waals surface area contributed by atoms with Crippen LogP contribution in [0.2, 0.25) is 10.0 Å². The van der Waals surface area contributed by atoms with Crippen LogP contribution in [0.3, 0.4) is 0 Å². The zero-order valence-corrected chi connectivity index (χ0v) is 17.4. The van der Waals surface area contributed by atoms with Crippen molar-refractivity contribution in [3.05, 3.63) is 63.6 Å². The highest BCUT2D eigenvalue weighted by molar-refractivity contribution is 7.92. The number of nitrogens with zero attached hydrogens (tertiary/aromatic N) is 2. The molecule has 0 saturated carbocycles. The number of rotatable bonds is 6. The van der Waals surface area contributed by atoms with Gasteiger partial charge in [-0.3, -0.25) is 9.10 Å². The molecule has 0 aliphatic rings. The molecule has 0 fully saturated rings. The number of nitrogens with one attached hydrogen (secondary N) is 1. The summed E-state index contributed by atoms with van der Waals surface area (Å²) >= 11 is 12.0. The SMILES string of the molecule is C/C(=N/NC(=O)CN(c1cc(Cl)ccc1Cl)S(C)(=O)=O)c1ccc(C)cc1. The van der Waals surface area contributed by atoms with E-state index in [1.165, 1.54) is 18.2 Å². The van der Waals surface area contributed by atoms with E-state index < -0.39 is 22.5 Å². The monoisotopic (exact) mass is 427 g/mol. The average molecular weight is 428 g/mol. The van der Waals surface area contributed by atoms with Crippen molar-refractivity contribution in [1.29, 1.82) is 0 Å². The Morgan fingerprint density at radius 1 is 1.15 bits per heavy atom. The highest BCUT2D eigenvalue weighted by atomic mass is 35.5. The fourth-order valence-corrected chi connectivity index (χ4v) is 3.53. The van der Waals surface area contributed by atoms with Crippen LogP contribution in [0.15, 0.2) is 47.6 Å². The highest BCUT2D eigenvalue weighted by Crippen LogP contribution is 2.30. The molecule has 0 heterocycles. The summed E-state index contributed by atoms with van der Waals surface area (Å²) in [5.41, 5.74) is 5.04. The Hall–Kier alpha value is -2.09. The Labute approximate surface area is 168 Å². The van der Waals surface area contributed by atoms with Crippen molar-refractivity contribution < 1.29 is 13.2 Å². The summed E-state index contributed by atoms with van der Waals surface area (Å²) in [7, 11) is -3.77. The third-order valence-corrected chi connectivity index (χ3v) is 5.36. The second kappa shape index (κ2) is 8.73. The molecule has 144 valence electrons. The van der Waals surface area contributed by atoms with Gasteiger partial charge in [0.15, 0.2) is 0 Å². The van der Waals surface area contributed by atoms with E-state index in [0.29, 0.717) is 10.7 Å². The zero-order valence-electron chi connectivity index (χ0n) is 15.0.